The molecular weight excluding hydrogens is 291 g/mol. The zero-order chi connectivity index (χ0) is 16.4. The fourth-order valence-electron chi connectivity index (χ4n) is 2.40. The fraction of sp³-hybridized carbons (Fsp3) is 0.267. The lowest BCUT2D eigenvalue weighted by atomic mass is 9.93. The first-order chi connectivity index (χ1) is 10.4. The van der Waals surface area contributed by atoms with Gasteiger partial charge in [0.25, 0.3) is 0 Å². The van der Waals surface area contributed by atoms with Gasteiger partial charge >= 0.3 is 12.0 Å². The molecule has 0 saturated heterocycles. The monoisotopic (exact) mass is 306 g/mol. The zero-order valence-corrected chi connectivity index (χ0v) is 12.3. The van der Waals surface area contributed by atoms with Gasteiger partial charge in [0.15, 0.2) is 0 Å². The van der Waals surface area contributed by atoms with Gasteiger partial charge in [0, 0.05) is 12.6 Å². The second-order valence-corrected chi connectivity index (χ2v) is 4.80. The molecule has 2 rings (SSSR count). The van der Waals surface area contributed by atoms with Crippen LogP contribution in [0.25, 0.3) is 0 Å². The Hall–Kier alpha value is -2.70. The van der Waals surface area contributed by atoms with Crippen LogP contribution in [-0.2, 0) is 14.3 Å². The summed E-state index contributed by atoms with van der Waals surface area (Å²) in [6.07, 6.45) is 0. The molecule has 1 aliphatic rings. The number of urea groups is 1. The van der Waals surface area contributed by atoms with Crippen LogP contribution >= 0.6 is 0 Å². The molecule has 1 atom stereocenters. The third kappa shape index (κ3) is 2.69. The van der Waals surface area contributed by atoms with Crippen LogP contribution < -0.4 is 5.32 Å². The predicted molar refractivity (Wildman–Crippen MR) is 74.9 cm³/mol. The predicted octanol–water partition coefficient (Wildman–Crippen LogP) is 1.89. The van der Waals surface area contributed by atoms with E-state index in [4.69, 9.17) is 4.74 Å². The quantitative estimate of drug-likeness (QED) is 0.847. The number of carbonyl (C=O) groups excluding carboxylic acids is 3. The van der Waals surface area contributed by atoms with Crippen molar-refractivity contribution in [2.24, 2.45) is 0 Å². The van der Waals surface area contributed by atoms with Crippen LogP contribution in [0.1, 0.15) is 25.5 Å². The minimum absolute atomic E-state index is 0.129. The molecule has 1 aromatic rings. The second kappa shape index (κ2) is 5.97. The SMILES string of the molecule is COC(=O)C1=C(C)NC(=O)N(C(C)=O)[C@@H]1c1ccc(F)cc1. The van der Waals surface area contributed by atoms with Crippen molar-refractivity contribution < 1.29 is 23.5 Å². The van der Waals surface area contributed by atoms with E-state index in [0.717, 1.165) is 4.90 Å². The number of rotatable bonds is 2. The molecule has 0 fully saturated rings. The molecular formula is C15H15FN2O4. The summed E-state index contributed by atoms with van der Waals surface area (Å²) >= 11 is 0. The highest BCUT2D eigenvalue weighted by Gasteiger charge is 2.40. The van der Waals surface area contributed by atoms with Crippen molar-refractivity contribution in [3.8, 4) is 0 Å². The van der Waals surface area contributed by atoms with Gasteiger partial charge in [0.05, 0.1) is 12.7 Å². The maximum atomic E-state index is 13.1. The van der Waals surface area contributed by atoms with Gasteiger partial charge in [-0.1, -0.05) is 12.1 Å². The summed E-state index contributed by atoms with van der Waals surface area (Å²) < 4.78 is 17.9. The van der Waals surface area contributed by atoms with Crippen LogP contribution in [0.4, 0.5) is 9.18 Å². The number of ether oxygens (including phenoxy) is 1. The lowest BCUT2D eigenvalue weighted by Gasteiger charge is -2.35. The third-order valence-electron chi connectivity index (χ3n) is 3.38. The number of nitrogens with zero attached hydrogens (tertiary/aromatic N) is 1. The van der Waals surface area contributed by atoms with E-state index in [-0.39, 0.29) is 5.57 Å². The molecule has 0 aromatic heterocycles. The van der Waals surface area contributed by atoms with E-state index >= 15 is 0 Å². The van der Waals surface area contributed by atoms with Gasteiger partial charge < -0.3 is 10.1 Å². The molecule has 7 heteroatoms. The summed E-state index contributed by atoms with van der Waals surface area (Å²) in [6.45, 7) is 2.75. The van der Waals surface area contributed by atoms with E-state index in [1.54, 1.807) is 0 Å². The molecule has 0 radical (unpaired) electrons. The molecule has 1 N–H and O–H groups in total. The van der Waals surface area contributed by atoms with Crippen LogP contribution in [0.3, 0.4) is 0 Å². The van der Waals surface area contributed by atoms with Crippen LogP contribution in [0, 0.1) is 5.82 Å². The lowest BCUT2D eigenvalue weighted by molar-refractivity contribution is -0.137. The standard InChI is InChI=1S/C15H15FN2O4/c1-8-12(14(20)22-3)13(10-4-6-11(16)7-5-10)18(9(2)19)15(21)17-8/h4-7,13H,1-3H3,(H,17,21)/t13-/m1/s1. The van der Waals surface area contributed by atoms with Gasteiger partial charge in [-0.05, 0) is 24.6 Å². The molecule has 3 amide bonds. The number of carbonyl (C=O) groups is 3. The van der Waals surface area contributed by atoms with E-state index in [1.165, 1.54) is 45.2 Å². The van der Waals surface area contributed by atoms with Gasteiger partial charge in [-0.15, -0.1) is 0 Å². The molecule has 22 heavy (non-hydrogen) atoms. The average Bonchev–Trinajstić information content (AvgIpc) is 2.46. The highest BCUT2D eigenvalue weighted by atomic mass is 19.1. The summed E-state index contributed by atoms with van der Waals surface area (Å²) in [5, 5.41) is 2.46. The number of nitrogens with one attached hydrogen (secondary N) is 1. The van der Waals surface area contributed by atoms with Gasteiger partial charge in [0.1, 0.15) is 11.9 Å². The van der Waals surface area contributed by atoms with Crippen LogP contribution in [0.5, 0.6) is 0 Å². The summed E-state index contributed by atoms with van der Waals surface area (Å²) in [6, 6.07) is 3.64. The topological polar surface area (TPSA) is 75.7 Å². The van der Waals surface area contributed by atoms with E-state index in [1.807, 2.05) is 0 Å². The zero-order valence-electron chi connectivity index (χ0n) is 12.3. The Balaban J connectivity index is 2.64. The summed E-state index contributed by atoms with van der Waals surface area (Å²) in [4.78, 5) is 36.9. The molecule has 1 heterocycles. The smallest absolute Gasteiger partial charge is 0.337 e. The van der Waals surface area contributed by atoms with Crippen molar-refractivity contribution in [1.82, 2.24) is 10.2 Å². The third-order valence-corrected chi connectivity index (χ3v) is 3.38. The number of methoxy groups -OCH3 is 1. The Kier molecular flexibility index (Phi) is 4.25. The van der Waals surface area contributed by atoms with Gasteiger partial charge in [0.2, 0.25) is 5.91 Å². The fourth-order valence-corrected chi connectivity index (χ4v) is 2.40. The minimum Gasteiger partial charge on any atom is -0.466 e. The number of esters is 1. The van der Waals surface area contributed by atoms with Crippen molar-refractivity contribution in [2.75, 3.05) is 7.11 Å². The molecule has 0 unspecified atom stereocenters. The number of allylic oxidation sites excluding steroid dienone is 1. The largest absolute Gasteiger partial charge is 0.466 e. The summed E-state index contributed by atoms with van der Waals surface area (Å²) in [5.41, 5.74) is 0.860. The van der Waals surface area contributed by atoms with E-state index < -0.39 is 29.8 Å². The van der Waals surface area contributed by atoms with Gasteiger partial charge in [-0.25, -0.2) is 14.0 Å². The summed E-state index contributed by atoms with van der Waals surface area (Å²) in [5.74, 6) is -1.67. The van der Waals surface area contributed by atoms with Gasteiger partial charge in [-0.3, -0.25) is 9.69 Å². The van der Waals surface area contributed by atoms with Gasteiger partial charge in [-0.2, -0.15) is 0 Å². The normalized spacial score (nSPS) is 18.1. The first kappa shape index (κ1) is 15.7. The van der Waals surface area contributed by atoms with Crippen LogP contribution in [-0.4, -0.2) is 29.9 Å². The number of halogens is 1. The highest BCUT2D eigenvalue weighted by molar-refractivity contribution is 6.01. The maximum Gasteiger partial charge on any atom is 0.337 e. The van der Waals surface area contributed by atoms with E-state index in [2.05, 4.69) is 5.32 Å². The van der Waals surface area contributed by atoms with Crippen molar-refractivity contribution in [3.63, 3.8) is 0 Å². The number of benzene rings is 1. The van der Waals surface area contributed by atoms with Crippen molar-refractivity contribution in [2.45, 2.75) is 19.9 Å². The molecule has 0 aliphatic carbocycles. The van der Waals surface area contributed by atoms with E-state index in [0.29, 0.717) is 11.3 Å². The first-order valence-corrected chi connectivity index (χ1v) is 6.52. The van der Waals surface area contributed by atoms with E-state index in [9.17, 15) is 18.8 Å². The number of hydrogen-bond donors (Lipinski definition) is 1. The summed E-state index contributed by atoms with van der Waals surface area (Å²) in [7, 11) is 1.21. The van der Waals surface area contributed by atoms with Crippen molar-refractivity contribution in [3.05, 3.63) is 46.9 Å². The second-order valence-electron chi connectivity index (χ2n) is 4.80. The molecule has 0 saturated carbocycles. The highest BCUT2D eigenvalue weighted by Crippen LogP contribution is 2.34. The first-order valence-electron chi connectivity index (χ1n) is 6.52. The van der Waals surface area contributed by atoms with Crippen LogP contribution in [0.2, 0.25) is 0 Å². The number of hydrogen-bond acceptors (Lipinski definition) is 4. The number of imide groups is 1. The molecule has 1 aliphatic heterocycles. The van der Waals surface area contributed by atoms with Crippen molar-refractivity contribution in [1.29, 1.82) is 0 Å². The Bertz CT molecular complexity index is 667. The number of amides is 3. The minimum atomic E-state index is -0.959. The molecule has 0 spiro atoms. The Labute approximate surface area is 126 Å². The van der Waals surface area contributed by atoms with Crippen LogP contribution in [0.15, 0.2) is 35.5 Å². The molecule has 0 bridgehead atoms. The average molecular weight is 306 g/mol. The lowest BCUT2D eigenvalue weighted by Crippen LogP contribution is -2.50. The Morgan fingerprint density at radius 2 is 1.86 bits per heavy atom. The molecule has 1 aromatic carbocycles. The molecule has 6 nitrogen and oxygen atoms in total. The Morgan fingerprint density at radius 1 is 1.27 bits per heavy atom. The molecule has 116 valence electrons. The van der Waals surface area contributed by atoms with Crippen molar-refractivity contribution >= 4 is 17.9 Å². The Morgan fingerprint density at radius 3 is 2.36 bits per heavy atom. The maximum absolute atomic E-state index is 13.1.